The molecule has 0 spiro atoms. The summed E-state index contributed by atoms with van der Waals surface area (Å²) < 4.78 is 0. The Morgan fingerprint density at radius 1 is 1.41 bits per heavy atom. The number of rotatable bonds is 5. The van der Waals surface area contributed by atoms with E-state index in [1.165, 1.54) is 19.3 Å². The van der Waals surface area contributed by atoms with Crippen molar-refractivity contribution in [1.29, 1.82) is 0 Å². The predicted octanol–water partition coefficient (Wildman–Crippen LogP) is 3.32. The van der Waals surface area contributed by atoms with Crippen LogP contribution in [0.25, 0.3) is 0 Å². The molecule has 4 heteroatoms. The van der Waals surface area contributed by atoms with Gasteiger partial charge in [0.05, 0.1) is 0 Å². The lowest BCUT2D eigenvalue weighted by atomic mass is 9.85. The Hall–Kier alpha value is -0.830. The molecule has 0 amide bonds. The molecule has 17 heavy (non-hydrogen) atoms. The maximum Gasteiger partial charge on any atom is 0.137 e. The van der Waals surface area contributed by atoms with Crippen LogP contribution in [0.4, 0.5) is 5.82 Å². The van der Waals surface area contributed by atoms with Gasteiger partial charge in [-0.05, 0) is 25.2 Å². The first-order valence-corrected chi connectivity index (χ1v) is 6.80. The summed E-state index contributed by atoms with van der Waals surface area (Å²) >= 11 is 6.16. The van der Waals surface area contributed by atoms with Gasteiger partial charge in [0.15, 0.2) is 0 Å². The van der Waals surface area contributed by atoms with Crippen LogP contribution in [0.3, 0.4) is 0 Å². The zero-order valence-electron chi connectivity index (χ0n) is 10.6. The molecule has 1 saturated carbocycles. The number of hydrogen-bond donors (Lipinski definition) is 0. The van der Waals surface area contributed by atoms with Crippen LogP contribution in [-0.2, 0) is 6.42 Å². The molecule has 0 atom stereocenters. The van der Waals surface area contributed by atoms with Gasteiger partial charge in [-0.15, -0.1) is 0 Å². The van der Waals surface area contributed by atoms with E-state index >= 15 is 0 Å². The van der Waals surface area contributed by atoms with Crippen molar-refractivity contribution in [2.24, 2.45) is 5.92 Å². The maximum absolute atomic E-state index is 6.16. The Kier molecular flexibility index (Phi) is 4.21. The molecule has 94 valence electrons. The zero-order valence-corrected chi connectivity index (χ0v) is 11.4. The molecule has 0 unspecified atom stereocenters. The third-order valence-electron chi connectivity index (χ3n) is 3.49. The van der Waals surface area contributed by atoms with Gasteiger partial charge in [-0.3, -0.25) is 0 Å². The summed E-state index contributed by atoms with van der Waals surface area (Å²) in [5, 5.41) is 0.609. The normalized spacial score (nSPS) is 15.7. The molecule has 0 aromatic carbocycles. The lowest BCUT2D eigenvalue weighted by Crippen LogP contribution is -2.30. The fraction of sp³-hybridized carbons (Fsp3) is 0.692. The van der Waals surface area contributed by atoms with Gasteiger partial charge in [-0.2, -0.15) is 0 Å². The van der Waals surface area contributed by atoms with Gasteiger partial charge >= 0.3 is 0 Å². The summed E-state index contributed by atoms with van der Waals surface area (Å²) in [7, 11) is 2.11. The van der Waals surface area contributed by atoms with Crippen molar-refractivity contribution < 1.29 is 0 Å². The summed E-state index contributed by atoms with van der Waals surface area (Å²) in [6, 6.07) is 0. The molecule has 1 aliphatic rings. The Bertz CT molecular complexity index is 377. The van der Waals surface area contributed by atoms with Crippen LogP contribution in [0, 0.1) is 5.92 Å². The first-order chi connectivity index (χ1) is 8.22. The van der Waals surface area contributed by atoms with E-state index < -0.39 is 0 Å². The van der Waals surface area contributed by atoms with Crippen molar-refractivity contribution >= 4 is 17.4 Å². The molecule has 1 aromatic heterocycles. The fourth-order valence-corrected chi connectivity index (χ4v) is 2.55. The van der Waals surface area contributed by atoms with Gasteiger partial charge in [-0.25, -0.2) is 9.97 Å². The average Bonchev–Trinajstić information content (AvgIpc) is 2.26. The molecule has 0 N–H and O–H groups in total. The van der Waals surface area contributed by atoms with E-state index in [0.717, 1.165) is 36.7 Å². The van der Waals surface area contributed by atoms with E-state index in [9.17, 15) is 0 Å². The highest BCUT2D eigenvalue weighted by molar-refractivity contribution is 6.30. The molecular formula is C13H20ClN3. The molecule has 0 saturated heterocycles. The number of halogens is 1. The molecule has 1 aromatic rings. The van der Waals surface area contributed by atoms with E-state index in [0.29, 0.717) is 5.15 Å². The molecule has 0 aliphatic heterocycles. The van der Waals surface area contributed by atoms with Gasteiger partial charge in [0.1, 0.15) is 17.3 Å². The van der Waals surface area contributed by atoms with E-state index in [4.69, 9.17) is 11.6 Å². The van der Waals surface area contributed by atoms with Crippen molar-refractivity contribution in [3.63, 3.8) is 0 Å². The third-order valence-corrected chi connectivity index (χ3v) is 3.81. The minimum atomic E-state index is 0.609. The van der Waals surface area contributed by atoms with Gasteiger partial charge in [0.2, 0.25) is 0 Å². The van der Waals surface area contributed by atoms with E-state index in [1.54, 1.807) is 6.33 Å². The van der Waals surface area contributed by atoms with E-state index in [2.05, 4.69) is 28.8 Å². The van der Waals surface area contributed by atoms with Crippen LogP contribution in [-0.4, -0.2) is 23.6 Å². The second-order valence-electron chi connectivity index (χ2n) is 4.89. The Labute approximate surface area is 108 Å². The van der Waals surface area contributed by atoms with Crippen LogP contribution in [0.15, 0.2) is 6.33 Å². The fourth-order valence-electron chi connectivity index (χ4n) is 2.33. The van der Waals surface area contributed by atoms with Crippen LogP contribution in [0.5, 0.6) is 0 Å². The van der Waals surface area contributed by atoms with Crippen LogP contribution >= 0.6 is 11.6 Å². The minimum Gasteiger partial charge on any atom is -0.359 e. The first kappa shape index (κ1) is 12.6. The molecule has 2 rings (SSSR count). The summed E-state index contributed by atoms with van der Waals surface area (Å²) in [5.74, 6) is 1.85. The molecule has 0 radical (unpaired) electrons. The smallest absolute Gasteiger partial charge is 0.137 e. The summed E-state index contributed by atoms with van der Waals surface area (Å²) in [4.78, 5) is 10.7. The highest BCUT2D eigenvalue weighted by atomic mass is 35.5. The lowest BCUT2D eigenvalue weighted by Gasteiger charge is -2.31. The second kappa shape index (κ2) is 5.67. The molecule has 3 nitrogen and oxygen atoms in total. The summed E-state index contributed by atoms with van der Waals surface area (Å²) in [6.07, 6.45) is 7.67. The summed E-state index contributed by atoms with van der Waals surface area (Å²) in [6.45, 7) is 3.24. The largest absolute Gasteiger partial charge is 0.359 e. The zero-order chi connectivity index (χ0) is 12.3. The highest BCUT2D eigenvalue weighted by Crippen LogP contribution is 2.30. The number of hydrogen-bond acceptors (Lipinski definition) is 3. The molecule has 0 bridgehead atoms. The first-order valence-electron chi connectivity index (χ1n) is 6.43. The topological polar surface area (TPSA) is 29.0 Å². The van der Waals surface area contributed by atoms with Crippen LogP contribution in [0.1, 0.15) is 38.2 Å². The molecule has 1 fully saturated rings. The second-order valence-corrected chi connectivity index (χ2v) is 5.25. The Balaban J connectivity index is 2.14. The SMILES string of the molecule is CCCc1c(Cl)ncnc1N(C)CC1CCC1. The van der Waals surface area contributed by atoms with Gasteiger partial charge in [0.25, 0.3) is 0 Å². The van der Waals surface area contributed by atoms with Gasteiger partial charge < -0.3 is 4.90 Å². The third kappa shape index (κ3) is 2.89. The Morgan fingerprint density at radius 2 is 2.18 bits per heavy atom. The predicted molar refractivity (Wildman–Crippen MR) is 71.6 cm³/mol. The number of aromatic nitrogens is 2. The quantitative estimate of drug-likeness (QED) is 0.754. The Morgan fingerprint density at radius 3 is 2.76 bits per heavy atom. The standard InChI is InChI=1S/C13H20ClN3/c1-3-5-11-12(14)15-9-16-13(11)17(2)8-10-6-4-7-10/h9-10H,3-8H2,1-2H3. The van der Waals surface area contributed by atoms with Crippen molar-refractivity contribution in [3.05, 3.63) is 17.0 Å². The molecule has 1 aliphatic carbocycles. The maximum atomic E-state index is 6.16. The molecule has 1 heterocycles. The van der Waals surface area contributed by atoms with E-state index in [1.807, 2.05) is 0 Å². The average molecular weight is 254 g/mol. The van der Waals surface area contributed by atoms with Crippen molar-refractivity contribution in [3.8, 4) is 0 Å². The molecular weight excluding hydrogens is 234 g/mol. The van der Waals surface area contributed by atoms with Gasteiger partial charge in [-0.1, -0.05) is 31.4 Å². The van der Waals surface area contributed by atoms with Crippen molar-refractivity contribution in [2.45, 2.75) is 39.0 Å². The lowest BCUT2D eigenvalue weighted by molar-refractivity contribution is 0.321. The number of nitrogens with zero attached hydrogens (tertiary/aromatic N) is 3. The monoisotopic (exact) mass is 253 g/mol. The van der Waals surface area contributed by atoms with Crippen LogP contribution < -0.4 is 4.90 Å². The van der Waals surface area contributed by atoms with E-state index in [-0.39, 0.29) is 0 Å². The minimum absolute atomic E-state index is 0.609. The summed E-state index contributed by atoms with van der Waals surface area (Å²) in [5.41, 5.74) is 1.10. The number of anilines is 1. The van der Waals surface area contributed by atoms with Crippen molar-refractivity contribution in [2.75, 3.05) is 18.5 Å². The van der Waals surface area contributed by atoms with Gasteiger partial charge in [0, 0.05) is 19.2 Å². The van der Waals surface area contributed by atoms with Crippen molar-refractivity contribution in [1.82, 2.24) is 9.97 Å². The highest BCUT2D eigenvalue weighted by Gasteiger charge is 2.21. The van der Waals surface area contributed by atoms with Crippen LogP contribution in [0.2, 0.25) is 5.15 Å².